The van der Waals surface area contributed by atoms with Crippen LogP contribution in [-0.2, 0) is 9.53 Å². The molecule has 0 spiro atoms. The van der Waals surface area contributed by atoms with Gasteiger partial charge in [0.25, 0.3) is 0 Å². The molecule has 16 heavy (non-hydrogen) atoms. The summed E-state index contributed by atoms with van der Waals surface area (Å²) in [6.45, 7) is 3.04. The topological polar surface area (TPSA) is 63.2 Å². The summed E-state index contributed by atoms with van der Waals surface area (Å²) in [5.74, 6) is 0.447. The summed E-state index contributed by atoms with van der Waals surface area (Å²) in [5, 5.41) is 5.82. The summed E-state index contributed by atoms with van der Waals surface area (Å²) >= 11 is 0. The fraction of sp³-hybridized carbons (Fsp3) is 0.455. The molecule has 0 radical (unpaired) electrons. The second-order valence-electron chi connectivity index (χ2n) is 3.39. The highest BCUT2D eigenvalue weighted by molar-refractivity contribution is 5.87. The molecule has 1 aromatic heterocycles. The standard InChI is InChI=1S/C11H17N3O2/c1-9(15)14-11-5-4-10(8-13-11)12-6-3-7-16-2/h4-5,8,12H,3,6-7H2,1-2H3,(H,13,14,15). The number of ether oxygens (including phenoxy) is 1. The number of hydrogen-bond acceptors (Lipinski definition) is 4. The fourth-order valence-corrected chi connectivity index (χ4v) is 1.20. The third-order valence-electron chi connectivity index (χ3n) is 1.92. The van der Waals surface area contributed by atoms with Crippen LogP contribution < -0.4 is 10.6 Å². The molecule has 0 unspecified atom stereocenters. The monoisotopic (exact) mass is 223 g/mol. The van der Waals surface area contributed by atoms with Crippen molar-refractivity contribution in [1.82, 2.24) is 4.98 Å². The maximum atomic E-state index is 10.8. The summed E-state index contributed by atoms with van der Waals surface area (Å²) in [7, 11) is 1.68. The van der Waals surface area contributed by atoms with Crippen LogP contribution in [-0.4, -0.2) is 31.2 Å². The Kier molecular flexibility index (Phi) is 5.28. The van der Waals surface area contributed by atoms with Crippen molar-refractivity contribution in [2.75, 3.05) is 30.9 Å². The highest BCUT2D eigenvalue weighted by Gasteiger charge is 1.97. The predicted octanol–water partition coefficient (Wildman–Crippen LogP) is 1.49. The number of amides is 1. The van der Waals surface area contributed by atoms with Crippen molar-refractivity contribution in [3.05, 3.63) is 18.3 Å². The van der Waals surface area contributed by atoms with Gasteiger partial charge in [-0.3, -0.25) is 4.79 Å². The van der Waals surface area contributed by atoms with Crippen molar-refractivity contribution in [1.29, 1.82) is 0 Å². The van der Waals surface area contributed by atoms with Crippen molar-refractivity contribution in [2.24, 2.45) is 0 Å². The average molecular weight is 223 g/mol. The molecule has 0 bridgehead atoms. The SMILES string of the molecule is COCCCNc1ccc(NC(C)=O)nc1. The average Bonchev–Trinajstić information content (AvgIpc) is 2.26. The molecule has 88 valence electrons. The van der Waals surface area contributed by atoms with Gasteiger partial charge in [-0.1, -0.05) is 0 Å². The lowest BCUT2D eigenvalue weighted by Crippen LogP contribution is -2.08. The van der Waals surface area contributed by atoms with Gasteiger partial charge in [-0.2, -0.15) is 0 Å². The highest BCUT2D eigenvalue weighted by atomic mass is 16.5. The molecule has 0 fully saturated rings. The van der Waals surface area contributed by atoms with Crippen LogP contribution in [0.3, 0.4) is 0 Å². The van der Waals surface area contributed by atoms with Crippen LogP contribution in [0, 0.1) is 0 Å². The van der Waals surface area contributed by atoms with Crippen molar-refractivity contribution in [2.45, 2.75) is 13.3 Å². The second-order valence-corrected chi connectivity index (χ2v) is 3.39. The molecule has 2 N–H and O–H groups in total. The zero-order valence-corrected chi connectivity index (χ0v) is 9.62. The van der Waals surface area contributed by atoms with Crippen LogP contribution in [0.25, 0.3) is 0 Å². The number of nitrogens with zero attached hydrogens (tertiary/aromatic N) is 1. The maximum absolute atomic E-state index is 10.8. The van der Waals surface area contributed by atoms with E-state index in [0.717, 1.165) is 25.3 Å². The van der Waals surface area contributed by atoms with E-state index in [1.54, 1.807) is 19.4 Å². The molecular formula is C11H17N3O2. The Bertz CT molecular complexity index is 325. The summed E-state index contributed by atoms with van der Waals surface area (Å²) < 4.78 is 4.94. The van der Waals surface area contributed by atoms with Crippen molar-refractivity contribution in [3.8, 4) is 0 Å². The van der Waals surface area contributed by atoms with Crippen LogP contribution in [0.5, 0.6) is 0 Å². The lowest BCUT2D eigenvalue weighted by atomic mass is 10.3. The highest BCUT2D eigenvalue weighted by Crippen LogP contribution is 2.09. The number of aromatic nitrogens is 1. The Morgan fingerprint density at radius 2 is 2.31 bits per heavy atom. The first kappa shape index (κ1) is 12.4. The summed E-state index contributed by atoms with van der Waals surface area (Å²) in [6, 6.07) is 3.64. The van der Waals surface area contributed by atoms with E-state index in [9.17, 15) is 4.79 Å². The van der Waals surface area contributed by atoms with Gasteiger partial charge >= 0.3 is 0 Å². The molecule has 1 amide bonds. The molecular weight excluding hydrogens is 206 g/mol. The van der Waals surface area contributed by atoms with E-state index in [-0.39, 0.29) is 5.91 Å². The van der Waals surface area contributed by atoms with Crippen LogP contribution >= 0.6 is 0 Å². The third-order valence-corrected chi connectivity index (χ3v) is 1.92. The summed E-state index contributed by atoms with van der Waals surface area (Å²) in [6.07, 6.45) is 2.64. The molecule has 0 saturated carbocycles. The Hall–Kier alpha value is -1.62. The molecule has 0 saturated heterocycles. The summed E-state index contributed by atoms with van der Waals surface area (Å²) in [5.41, 5.74) is 0.935. The minimum absolute atomic E-state index is 0.117. The first-order chi connectivity index (χ1) is 7.72. The Balaban J connectivity index is 2.36. The predicted molar refractivity (Wildman–Crippen MR) is 63.5 cm³/mol. The molecule has 5 nitrogen and oxygen atoms in total. The van der Waals surface area contributed by atoms with Gasteiger partial charge in [0.2, 0.25) is 5.91 Å². The van der Waals surface area contributed by atoms with E-state index in [1.807, 2.05) is 6.07 Å². The molecule has 1 rings (SSSR count). The van der Waals surface area contributed by atoms with E-state index in [1.165, 1.54) is 6.92 Å². The van der Waals surface area contributed by atoms with Crippen molar-refractivity contribution in [3.63, 3.8) is 0 Å². The van der Waals surface area contributed by atoms with E-state index in [0.29, 0.717) is 5.82 Å². The maximum Gasteiger partial charge on any atom is 0.222 e. The van der Waals surface area contributed by atoms with E-state index >= 15 is 0 Å². The Morgan fingerprint density at radius 1 is 1.50 bits per heavy atom. The van der Waals surface area contributed by atoms with Crippen LogP contribution in [0.2, 0.25) is 0 Å². The van der Waals surface area contributed by atoms with Gasteiger partial charge in [-0.05, 0) is 18.6 Å². The van der Waals surface area contributed by atoms with E-state index in [2.05, 4.69) is 15.6 Å². The molecule has 5 heteroatoms. The first-order valence-electron chi connectivity index (χ1n) is 5.19. The second kappa shape index (κ2) is 6.79. The van der Waals surface area contributed by atoms with Gasteiger partial charge in [0.05, 0.1) is 11.9 Å². The number of nitrogens with one attached hydrogen (secondary N) is 2. The molecule has 0 aliphatic rings. The minimum Gasteiger partial charge on any atom is -0.385 e. The van der Waals surface area contributed by atoms with Crippen LogP contribution in [0.1, 0.15) is 13.3 Å². The lowest BCUT2D eigenvalue weighted by molar-refractivity contribution is -0.114. The van der Waals surface area contributed by atoms with Gasteiger partial charge < -0.3 is 15.4 Å². The van der Waals surface area contributed by atoms with E-state index in [4.69, 9.17) is 4.74 Å². The largest absolute Gasteiger partial charge is 0.385 e. The van der Waals surface area contributed by atoms with Crippen molar-refractivity contribution < 1.29 is 9.53 Å². The number of hydrogen-bond donors (Lipinski definition) is 2. The van der Waals surface area contributed by atoms with Gasteiger partial charge in [0.15, 0.2) is 0 Å². The number of anilines is 2. The van der Waals surface area contributed by atoms with Crippen LogP contribution in [0.15, 0.2) is 18.3 Å². The number of methoxy groups -OCH3 is 1. The number of carbonyl (C=O) groups is 1. The number of pyridine rings is 1. The number of carbonyl (C=O) groups excluding carboxylic acids is 1. The quantitative estimate of drug-likeness (QED) is 0.717. The molecule has 1 heterocycles. The van der Waals surface area contributed by atoms with Crippen molar-refractivity contribution >= 4 is 17.4 Å². The Morgan fingerprint density at radius 3 is 2.88 bits per heavy atom. The molecule has 0 aromatic carbocycles. The smallest absolute Gasteiger partial charge is 0.222 e. The van der Waals surface area contributed by atoms with Gasteiger partial charge in [-0.25, -0.2) is 4.98 Å². The fourth-order valence-electron chi connectivity index (χ4n) is 1.20. The zero-order valence-electron chi connectivity index (χ0n) is 9.62. The molecule has 1 aromatic rings. The normalized spacial score (nSPS) is 9.88. The number of rotatable bonds is 6. The molecule has 0 atom stereocenters. The molecule has 0 aliphatic heterocycles. The van der Waals surface area contributed by atoms with E-state index < -0.39 is 0 Å². The molecule has 0 aliphatic carbocycles. The summed E-state index contributed by atoms with van der Waals surface area (Å²) in [4.78, 5) is 14.9. The van der Waals surface area contributed by atoms with Gasteiger partial charge in [0, 0.05) is 27.2 Å². The van der Waals surface area contributed by atoms with Gasteiger partial charge in [0.1, 0.15) is 5.82 Å². The van der Waals surface area contributed by atoms with Crippen LogP contribution in [0.4, 0.5) is 11.5 Å². The van der Waals surface area contributed by atoms with Gasteiger partial charge in [-0.15, -0.1) is 0 Å². The zero-order chi connectivity index (χ0) is 11.8. The lowest BCUT2D eigenvalue weighted by Gasteiger charge is -2.06. The third kappa shape index (κ3) is 4.75. The Labute approximate surface area is 95.2 Å². The minimum atomic E-state index is -0.117. The first-order valence-corrected chi connectivity index (χ1v) is 5.19.